The number of nitro benzene ring substituents is 1. The molecule has 0 amide bonds. The van der Waals surface area contributed by atoms with Crippen molar-refractivity contribution in [3.05, 3.63) is 39.9 Å². The molecule has 0 aliphatic carbocycles. The van der Waals surface area contributed by atoms with E-state index in [-0.39, 0.29) is 24.4 Å². The van der Waals surface area contributed by atoms with Gasteiger partial charge in [-0.3, -0.25) is 14.9 Å². The van der Waals surface area contributed by atoms with Crippen LogP contribution in [0.15, 0.2) is 24.3 Å². The molecule has 1 saturated heterocycles. The summed E-state index contributed by atoms with van der Waals surface area (Å²) in [5.74, 6) is -1.51. The lowest BCUT2D eigenvalue weighted by molar-refractivity contribution is -0.385. The van der Waals surface area contributed by atoms with Crippen molar-refractivity contribution in [1.29, 1.82) is 0 Å². The average molecular weight is 328 g/mol. The number of nitrogens with zero attached hydrogens (tertiary/aromatic N) is 2. The summed E-state index contributed by atoms with van der Waals surface area (Å²) in [5.41, 5.74) is 0.191. The molecular formula is C13H16N2O6S. The zero-order chi connectivity index (χ0) is 16.3. The van der Waals surface area contributed by atoms with E-state index in [1.165, 1.54) is 18.2 Å². The lowest BCUT2D eigenvalue weighted by Gasteiger charge is -2.20. The van der Waals surface area contributed by atoms with E-state index in [1.807, 2.05) is 0 Å². The maximum absolute atomic E-state index is 12.3. The van der Waals surface area contributed by atoms with Gasteiger partial charge in [0.2, 0.25) is 10.0 Å². The quantitative estimate of drug-likeness (QED) is 0.615. The first-order valence-electron chi connectivity index (χ1n) is 6.77. The van der Waals surface area contributed by atoms with E-state index in [0.29, 0.717) is 18.4 Å². The number of aryl methyl sites for hydroxylation is 1. The van der Waals surface area contributed by atoms with Gasteiger partial charge in [-0.1, -0.05) is 18.2 Å². The number of rotatable bonds is 6. The van der Waals surface area contributed by atoms with Crippen molar-refractivity contribution in [2.24, 2.45) is 0 Å². The summed E-state index contributed by atoms with van der Waals surface area (Å²) in [4.78, 5) is 21.4. The topological polar surface area (TPSA) is 118 Å². The predicted octanol–water partition coefficient (Wildman–Crippen LogP) is 1.02. The Labute approximate surface area is 127 Å². The van der Waals surface area contributed by atoms with Gasteiger partial charge in [-0.25, -0.2) is 8.42 Å². The third-order valence-corrected chi connectivity index (χ3v) is 5.54. The van der Waals surface area contributed by atoms with E-state index >= 15 is 0 Å². The minimum absolute atomic E-state index is 0.0255. The second-order valence-electron chi connectivity index (χ2n) is 5.06. The molecule has 0 bridgehead atoms. The minimum Gasteiger partial charge on any atom is -0.480 e. The van der Waals surface area contributed by atoms with E-state index in [0.717, 1.165) is 4.31 Å². The number of hydrogen-bond donors (Lipinski definition) is 1. The average Bonchev–Trinajstić information content (AvgIpc) is 2.96. The van der Waals surface area contributed by atoms with Gasteiger partial charge in [0.1, 0.15) is 6.04 Å². The standard InChI is InChI=1S/C13H16N2O6S/c16-13(17)12-6-3-8-14(12)22(20,21)9-7-10-4-1-2-5-11(10)15(18)19/h1-2,4-5,12H,3,6-9H2,(H,16,17). The number of carbonyl (C=O) groups is 1. The molecule has 0 spiro atoms. The number of sulfonamides is 1. The van der Waals surface area contributed by atoms with Gasteiger partial charge in [-0.2, -0.15) is 4.31 Å². The Morgan fingerprint density at radius 2 is 2.09 bits per heavy atom. The highest BCUT2D eigenvalue weighted by molar-refractivity contribution is 7.89. The summed E-state index contributed by atoms with van der Waals surface area (Å²) < 4.78 is 25.6. The lowest BCUT2D eigenvalue weighted by Crippen LogP contribution is -2.41. The molecule has 1 fully saturated rings. The molecule has 1 unspecified atom stereocenters. The SMILES string of the molecule is O=C(O)C1CCCN1S(=O)(=O)CCc1ccccc1[N+](=O)[O-]. The monoisotopic (exact) mass is 328 g/mol. The first-order valence-corrected chi connectivity index (χ1v) is 8.38. The highest BCUT2D eigenvalue weighted by Gasteiger charge is 2.38. The van der Waals surface area contributed by atoms with E-state index in [1.54, 1.807) is 6.07 Å². The molecule has 0 aromatic heterocycles. The molecule has 1 aromatic rings. The predicted molar refractivity (Wildman–Crippen MR) is 78.0 cm³/mol. The van der Waals surface area contributed by atoms with Crippen molar-refractivity contribution in [2.45, 2.75) is 25.3 Å². The zero-order valence-electron chi connectivity index (χ0n) is 11.7. The smallest absolute Gasteiger partial charge is 0.322 e. The summed E-state index contributed by atoms with van der Waals surface area (Å²) >= 11 is 0. The molecule has 1 heterocycles. The molecule has 120 valence electrons. The van der Waals surface area contributed by atoms with Crippen LogP contribution in [-0.2, 0) is 21.2 Å². The Balaban J connectivity index is 2.14. The van der Waals surface area contributed by atoms with Crippen molar-refractivity contribution in [1.82, 2.24) is 4.31 Å². The van der Waals surface area contributed by atoms with Gasteiger partial charge in [0.25, 0.3) is 5.69 Å². The molecule has 9 heteroatoms. The third-order valence-electron chi connectivity index (χ3n) is 3.66. The van der Waals surface area contributed by atoms with Crippen LogP contribution in [0.3, 0.4) is 0 Å². The van der Waals surface area contributed by atoms with Crippen LogP contribution in [0.5, 0.6) is 0 Å². The summed E-state index contributed by atoms with van der Waals surface area (Å²) in [6, 6.07) is 4.90. The lowest BCUT2D eigenvalue weighted by atomic mass is 10.1. The first-order chi connectivity index (χ1) is 10.3. The van der Waals surface area contributed by atoms with Crippen LogP contribution in [0.25, 0.3) is 0 Å². The van der Waals surface area contributed by atoms with Crippen molar-refractivity contribution >= 4 is 21.7 Å². The third kappa shape index (κ3) is 3.42. The van der Waals surface area contributed by atoms with Crippen LogP contribution in [-0.4, -0.2) is 47.1 Å². The molecule has 0 radical (unpaired) electrons. The number of benzene rings is 1. The highest BCUT2D eigenvalue weighted by Crippen LogP contribution is 2.24. The molecule has 1 aliphatic heterocycles. The van der Waals surface area contributed by atoms with Crippen LogP contribution in [0.1, 0.15) is 18.4 Å². The fourth-order valence-corrected chi connectivity index (χ4v) is 4.28. The summed E-state index contributed by atoms with van der Waals surface area (Å²) in [6.07, 6.45) is 0.768. The Kier molecular flexibility index (Phi) is 4.77. The van der Waals surface area contributed by atoms with Gasteiger partial charge in [-0.15, -0.1) is 0 Å². The Bertz CT molecular complexity index is 688. The van der Waals surface area contributed by atoms with Crippen LogP contribution in [0.2, 0.25) is 0 Å². The van der Waals surface area contributed by atoms with E-state index in [9.17, 15) is 23.3 Å². The summed E-state index contributed by atoms with van der Waals surface area (Å²) in [7, 11) is -3.76. The van der Waals surface area contributed by atoms with Crippen LogP contribution in [0, 0.1) is 10.1 Å². The van der Waals surface area contributed by atoms with Crippen molar-refractivity contribution in [3.8, 4) is 0 Å². The molecule has 2 rings (SSSR count). The van der Waals surface area contributed by atoms with Crippen molar-refractivity contribution in [3.63, 3.8) is 0 Å². The highest BCUT2D eigenvalue weighted by atomic mass is 32.2. The summed E-state index contributed by atoms with van der Waals surface area (Å²) in [5, 5.41) is 20.0. The van der Waals surface area contributed by atoms with Crippen molar-refractivity contribution in [2.75, 3.05) is 12.3 Å². The minimum atomic E-state index is -3.76. The Morgan fingerprint density at radius 3 is 2.73 bits per heavy atom. The summed E-state index contributed by atoms with van der Waals surface area (Å²) in [6.45, 7) is 0.177. The molecule has 0 saturated carbocycles. The molecular weight excluding hydrogens is 312 g/mol. The molecule has 1 N–H and O–H groups in total. The number of aliphatic carboxylic acids is 1. The van der Waals surface area contributed by atoms with Crippen LogP contribution < -0.4 is 0 Å². The largest absolute Gasteiger partial charge is 0.480 e. The molecule has 8 nitrogen and oxygen atoms in total. The maximum Gasteiger partial charge on any atom is 0.322 e. The normalized spacial score (nSPS) is 19.2. The maximum atomic E-state index is 12.3. The van der Waals surface area contributed by atoms with Gasteiger partial charge in [-0.05, 0) is 19.3 Å². The van der Waals surface area contributed by atoms with E-state index < -0.39 is 27.0 Å². The van der Waals surface area contributed by atoms with Gasteiger partial charge >= 0.3 is 5.97 Å². The number of para-hydroxylation sites is 1. The molecule has 1 aliphatic rings. The number of carboxylic acid groups (broad SMARTS) is 1. The van der Waals surface area contributed by atoms with Crippen LogP contribution in [0.4, 0.5) is 5.69 Å². The van der Waals surface area contributed by atoms with Gasteiger partial charge in [0.15, 0.2) is 0 Å². The van der Waals surface area contributed by atoms with Gasteiger partial charge < -0.3 is 5.11 Å². The molecule has 1 aromatic carbocycles. The number of nitro groups is 1. The van der Waals surface area contributed by atoms with Crippen LogP contribution >= 0.6 is 0 Å². The Hall–Kier alpha value is -2.00. The fraction of sp³-hybridized carbons (Fsp3) is 0.462. The second kappa shape index (κ2) is 6.41. The van der Waals surface area contributed by atoms with E-state index in [2.05, 4.69) is 0 Å². The zero-order valence-corrected chi connectivity index (χ0v) is 12.5. The van der Waals surface area contributed by atoms with E-state index in [4.69, 9.17) is 5.11 Å². The Morgan fingerprint density at radius 1 is 1.41 bits per heavy atom. The molecule has 1 atom stereocenters. The first kappa shape index (κ1) is 16.4. The fourth-order valence-electron chi connectivity index (χ4n) is 2.58. The number of hydrogen-bond acceptors (Lipinski definition) is 5. The molecule has 22 heavy (non-hydrogen) atoms. The van der Waals surface area contributed by atoms with Crippen molar-refractivity contribution < 1.29 is 23.2 Å². The number of carboxylic acids is 1. The van der Waals surface area contributed by atoms with Gasteiger partial charge in [0.05, 0.1) is 10.7 Å². The second-order valence-corrected chi connectivity index (χ2v) is 7.10. The van der Waals surface area contributed by atoms with Gasteiger partial charge in [0, 0.05) is 18.2 Å².